The first kappa shape index (κ1) is 14.7. The average Bonchev–Trinajstić information content (AvgIpc) is 2.28. The number of carboxylic acids is 1. The molecule has 18 heavy (non-hydrogen) atoms. The van der Waals surface area contributed by atoms with Gasteiger partial charge in [0.15, 0.2) is 0 Å². The summed E-state index contributed by atoms with van der Waals surface area (Å²) in [6.45, 7) is 4.03. The molecule has 4 nitrogen and oxygen atoms in total. The summed E-state index contributed by atoms with van der Waals surface area (Å²) in [7, 11) is 5.49. The largest absolute Gasteiger partial charge is 0.480 e. The van der Waals surface area contributed by atoms with E-state index in [9.17, 15) is 9.90 Å². The highest BCUT2D eigenvalue weighted by molar-refractivity contribution is 5.75. The molecule has 2 N–H and O–H groups in total. The summed E-state index contributed by atoms with van der Waals surface area (Å²) in [5, 5.41) is 12.2. The Kier molecular flexibility index (Phi) is 4.87. The number of aryl methyl sites for hydroxylation is 2. The highest BCUT2D eigenvalue weighted by Gasteiger charge is 2.30. The van der Waals surface area contributed by atoms with Gasteiger partial charge in [-0.2, -0.15) is 0 Å². The van der Waals surface area contributed by atoms with Crippen LogP contribution < -0.4 is 5.32 Å². The van der Waals surface area contributed by atoms with Gasteiger partial charge in [0.1, 0.15) is 6.04 Å². The van der Waals surface area contributed by atoms with Crippen LogP contribution in [-0.2, 0) is 4.79 Å². The molecule has 0 saturated carbocycles. The third-order valence-corrected chi connectivity index (χ3v) is 3.20. The average molecular weight is 250 g/mol. The summed E-state index contributed by atoms with van der Waals surface area (Å²) in [6.07, 6.45) is 0. The maximum Gasteiger partial charge on any atom is 0.322 e. The minimum absolute atomic E-state index is 0.188. The van der Waals surface area contributed by atoms with Gasteiger partial charge in [0.2, 0.25) is 0 Å². The minimum Gasteiger partial charge on any atom is -0.480 e. The lowest BCUT2D eigenvalue weighted by Gasteiger charge is -2.31. The van der Waals surface area contributed by atoms with Gasteiger partial charge < -0.3 is 15.3 Å². The SMILES string of the molecule is CNC(C(=O)O)C(c1cc(C)ccc1C)N(C)C. The zero-order valence-electron chi connectivity index (χ0n) is 11.7. The van der Waals surface area contributed by atoms with Gasteiger partial charge in [-0.05, 0) is 46.1 Å². The molecular weight excluding hydrogens is 228 g/mol. The maximum atomic E-state index is 11.4. The Morgan fingerprint density at radius 2 is 1.94 bits per heavy atom. The molecule has 0 heterocycles. The van der Waals surface area contributed by atoms with Crippen molar-refractivity contribution in [1.29, 1.82) is 0 Å². The molecule has 1 aromatic rings. The minimum atomic E-state index is -0.836. The Morgan fingerprint density at radius 3 is 2.39 bits per heavy atom. The van der Waals surface area contributed by atoms with Gasteiger partial charge >= 0.3 is 5.97 Å². The van der Waals surface area contributed by atoms with Crippen LogP contribution in [0.25, 0.3) is 0 Å². The van der Waals surface area contributed by atoms with Crippen molar-refractivity contribution in [2.24, 2.45) is 0 Å². The summed E-state index contributed by atoms with van der Waals surface area (Å²) in [6, 6.07) is 5.33. The Bertz CT molecular complexity index is 430. The Hall–Kier alpha value is -1.39. The predicted octanol–water partition coefficient (Wildman–Crippen LogP) is 1.58. The second-order valence-corrected chi connectivity index (χ2v) is 4.87. The molecule has 0 aliphatic rings. The van der Waals surface area contributed by atoms with E-state index in [0.717, 1.165) is 16.7 Å². The molecule has 1 rings (SSSR count). The van der Waals surface area contributed by atoms with E-state index in [-0.39, 0.29) is 6.04 Å². The molecular formula is C14H22N2O2. The number of nitrogens with one attached hydrogen (secondary N) is 1. The van der Waals surface area contributed by atoms with Crippen LogP contribution in [0.5, 0.6) is 0 Å². The first-order chi connectivity index (χ1) is 8.38. The number of hydrogen-bond acceptors (Lipinski definition) is 3. The molecule has 0 aromatic heterocycles. The molecule has 0 aliphatic heterocycles. The fourth-order valence-electron chi connectivity index (χ4n) is 2.25. The van der Waals surface area contributed by atoms with E-state index in [1.807, 2.05) is 45.0 Å². The van der Waals surface area contributed by atoms with Crippen molar-refractivity contribution in [3.63, 3.8) is 0 Å². The highest BCUT2D eigenvalue weighted by Crippen LogP contribution is 2.26. The molecule has 0 fully saturated rings. The Morgan fingerprint density at radius 1 is 1.33 bits per heavy atom. The van der Waals surface area contributed by atoms with Gasteiger partial charge in [-0.3, -0.25) is 4.79 Å². The number of aliphatic carboxylic acids is 1. The molecule has 100 valence electrons. The van der Waals surface area contributed by atoms with E-state index < -0.39 is 12.0 Å². The van der Waals surface area contributed by atoms with Crippen molar-refractivity contribution in [2.75, 3.05) is 21.1 Å². The van der Waals surface area contributed by atoms with E-state index in [0.29, 0.717) is 0 Å². The Balaban J connectivity index is 3.27. The standard InChI is InChI=1S/C14H22N2O2/c1-9-6-7-10(2)11(8-9)13(16(4)5)12(15-3)14(17)18/h6-8,12-13,15H,1-5H3,(H,17,18). The van der Waals surface area contributed by atoms with E-state index in [1.165, 1.54) is 0 Å². The molecule has 0 amide bonds. The highest BCUT2D eigenvalue weighted by atomic mass is 16.4. The number of benzene rings is 1. The number of hydrogen-bond donors (Lipinski definition) is 2. The number of rotatable bonds is 5. The molecule has 2 unspecified atom stereocenters. The topological polar surface area (TPSA) is 52.6 Å². The van der Waals surface area contributed by atoms with Crippen molar-refractivity contribution < 1.29 is 9.90 Å². The summed E-state index contributed by atoms with van der Waals surface area (Å²) in [5.41, 5.74) is 3.31. The van der Waals surface area contributed by atoms with Crippen molar-refractivity contribution in [2.45, 2.75) is 25.9 Å². The number of carbonyl (C=O) groups is 1. The lowest BCUT2D eigenvalue weighted by atomic mass is 9.93. The van der Waals surface area contributed by atoms with Gasteiger partial charge in [-0.1, -0.05) is 23.8 Å². The third kappa shape index (κ3) is 3.09. The van der Waals surface area contributed by atoms with Crippen LogP contribution in [-0.4, -0.2) is 43.2 Å². The number of likely N-dealkylation sites (N-methyl/N-ethyl adjacent to an activating group) is 2. The number of nitrogens with zero attached hydrogens (tertiary/aromatic N) is 1. The van der Waals surface area contributed by atoms with Crippen molar-refractivity contribution in [3.05, 3.63) is 34.9 Å². The lowest BCUT2D eigenvalue weighted by Crippen LogP contribution is -2.45. The van der Waals surface area contributed by atoms with Crippen LogP contribution in [0.3, 0.4) is 0 Å². The van der Waals surface area contributed by atoms with Crippen LogP contribution in [0.2, 0.25) is 0 Å². The van der Waals surface area contributed by atoms with Gasteiger partial charge in [-0.25, -0.2) is 0 Å². The van der Waals surface area contributed by atoms with Crippen molar-refractivity contribution in [3.8, 4) is 0 Å². The molecule has 1 aromatic carbocycles. The summed E-state index contributed by atoms with van der Waals surface area (Å²) in [4.78, 5) is 13.3. The fraction of sp³-hybridized carbons (Fsp3) is 0.500. The molecule has 4 heteroatoms. The zero-order chi connectivity index (χ0) is 13.9. The van der Waals surface area contributed by atoms with E-state index in [2.05, 4.69) is 11.4 Å². The second kappa shape index (κ2) is 5.98. The van der Waals surface area contributed by atoms with Gasteiger partial charge in [-0.15, -0.1) is 0 Å². The molecule has 0 aliphatic carbocycles. The van der Waals surface area contributed by atoms with E-state index >= 15 is 0 Å². The molecule has 0 saturated heterocycles. The van der Waals surface area contributed by atoms with Crippen LogP contribution in [0, 0.1) is 13.8 Å². The lowest BCUT2D eigenvalue weighted by molar-refractivity contribution is -0.141. The van der Waals surface area contributed by atoms with Crippen LogP contribution in [0.1, 0.15) is 22.7 Å². The van der Waals surface area contributed by atoms with Crippen LogP contribution in [0.15, 0.2) is 18.2 Å². The molecule has 0 radical (unpaired) electrons. The first-order valence-electron chi connectivity index (χ1n) is 6.02. The fourth-order valence-corrected chi connectivity index (χ4v) is 2.25. The van der Waals surface area contributed by atoms with E-state index in [1.54, 1.807) is 7.05 Å². The Labute approximate surface area is 109 Å². The van der Waals surface area contributed by atoms with Gasteiger partial charge in [0.25, 0.3) is 0 Å². The quantitative estimate of drug-likeness (QED) is 0.833. The van der Waals surface area contributed by atoms with Gasteiger partial charge in [0.05, 0.1) is 6.04 Å². The number of carboxylic acid groups (broad SMARTS) is 1. The third-order valence-electron chi connectivity index (χ3n) is 3.20. The summed E-state index contributed by atoms with van der Waals surface area (Å²) < 4.78 is 0. The predicted molar refractivity (Wildman–Crippen MR) is 72.8 cm³/mol. The summed E-state index contributed by atoms with van der Waals surface area (Å²) >= 11 is 0. The molecule has 2 atom stereocenters. The molecule has 0 bridgehead atoms. The second-order valence-electron chi connectivity index (χ2n) is 4.87. The van der Waals surface area contributed by atoms with Gasteiger partial charge in [0, 0.05) is 0 Å². The summed E-state index contributed by atoms with van der Waals surface area (Å²) in [5.74, 6) is -0.836. The van der Waals surface area contributed by atoms with E-state index in [4.69, 9.17) is 0 Å². The first-order valence-corrected chi connectivity index (χ1v) is 6.02. The van der Waals surface area contributed by atoms with Crippen molar-refractivity contribution >= 4 is 5.97 Å². The van der Waals surface area contributed by atoms with Crippen LogP contribution in [0.4, 0.5) is 0 Å². The maximum absolute atomic E-state index is 11.4. The van der Waals surface area contributed by atoms with Crippen LogP contribution >= 0.6 is 0 Å². The normalized spacial score (nSPS) is 14.6. The van der Waals surface area contributed by atoms with Crippen molar-refractivity contribution in [1.82, 2.24) is 10.2 Å². The monoisotopic (exact) mass is 250 g/mol. The smallest absolute Gasteiger partial charge is 0.322 e. The zero-order valence-corrected chi connectivity index (χ0v) is 11.7. The molecule has 0 spiro atoms.